The van der Waals surface area contributed by atoms with E-state index in [9.17, 15) is 4.79 Å². The first-order chi connectivity index (χ1) is 13.1. The minimum absolute atomic E-state index is 0.0959. The van der Waals surface area contributed by atoms with Crippen molar-refractivity contribution in [1.29, 1.82) is 0 Å². The molecular weight excluding hydrogens is 336 g/mol. The van der Waals surface area contributed by atoms with Gasteiger partial charge in [0.15, 0.2) is 0 Å². The van der Waals surface area contributed by atoms with Gasteiger partial charge in [-0.25, -0.2) is 0 Å². The van der Waals surface area contributed by atoms with E-state index in [2.05, 4.69) is 40.5 Å². The number of nitrogens with one attached hydrogen (secondary N) is 1. The second kappa shape index (κ2) is 9.05. The first-order valence-electron chi connectivity index (χ1n) is 9.82. The molecule has 0 aromatic heterocycles. The SMILES string of the molecule is COc1ccccc1-c1cccc(CN2CCCC(C(=O)NC(C)C)C2)c1. The van der Waals surface area contributed by atoms with Gasteiger partial charge in [0.2, 0.25) is 5.91 Å². The Labute approximate surface area is 162 Å². The van der Waals surface area contributed by atoms with E-state index in [0.717, 1.165) is 49.4 Å². The van der Waals surface area contributed by atoms with Crippen molar-refractivity contribution in [3.63, 3.8) is 0 Å². The maximum atomic E-state index is 12.4. The Kier molecular flexibility index (Phi) is 6.51. The van der Waals surface area contributed by atoms with Crippen LogP contribution in [-0.2, 0) is 11.3 Å². The molecule has 2 aromatic rings. The lowest BCUT2D eigenvalue weighted by molar-refractivity contribution is -0.127. The summed E-state index contributed by atoms with van der Waals surface area (Å²) >= 11 is 0. The number of rotatable bonds is 6. The Balaban J connectivity index is 1.70. The summed E-state index contributed by atoms with van der Waals surface area (Å²) in [4.78, 5) is 14.8. The van der Waals surface area contributed by atoms with E-state index in [1.54, 1.807) is 7.11 Å². The molecule has 0 radical (unpaired) electrons. The molecular formula is C23H30N2O2. The van der Waals surface area contributed by atoms with Crippen molar-refractivity contribution in [2.45, 2.75) is 39.3 Å². The van der Waals surface area contributed by atoms with E-state index in [0.29, 0.717) is 0 Å². The van der Waals surface area contributed by atoms with Crippen LogP contribution >= 0.6 is 0 Å². The predicted octanol–water partition coefficient (Wildman–Crippen LogP) is 4.10. The molecule has 1 aliphatic rings. The van der Waals surface area contributed by atoms with Crippen molar-refractivity contribution < 1.29 is 9.53 Å². The average Bonchev–Trinajstić information content (AvgIpc) is 2.68. The van der Waals surface area contributed by atoms with Crippen molar-refractivity contribution >= 4 is 5.91 Å². The molecule has 27 heavy (non-hydrogen) atoms. The van der Waals surface area contributed by atoms with E-state index >= 15 is 0 Å². The Morgan fingerprint density at radius 2 is 2.04 bits per heavy atom. The number of ether oxygens (including phenoxy) is 1. The predicted molar refractivity (Wildman–Crippen MR) is 110 cm³/mol. The van der Waals surface area contributed by atoms with E-state index < -0.39 is 0 Å². The molecule has 1 saturated heterocycles. The monoisotopic (exact) mass is 366 g/mol. The third kappa shape index (κ3) is 5.10. The molecule has 4 nitrogen and oxygen atoms in total. The quantitative estimate of drug-likeness (QED) is 0.837. The first-order valence-corrected chi connectivity index (χ1v) is 9.82. The molecule has 4 heteroatoms. The summed E-state index contributed by atoms with van der Waals surface area (Å²) in [5.41, 5.74) is 3.54. The van der Waals surface area contributed by atoms with Crippen molar-refractivity contribution in [2.75, 3.05) is 20.2 Å². The molecule has 1 aliphatic heterocycles. The number of piperidine rings is 1. The molecule has 144 valence electrons. The number of hydrogen-bond acceptors (Lipinski definition) is 3. The van der Waals surface area contributed by atoms with Gasteiger partial charge in [0.25, 0.3) is 0 Å². The normalized spacial score (nSPS) is 17.7. The summed E-state index contributed by atoms with van der Waals surface area (Å²) < 4.78 is 5.51. The highest BCUT2D eigenvalue weighted by molar-refractivity contribution is 5.79. The molecule has 0 spiro atoms. The molecule has 1 fully saturated rings. The number of nitrogens with zero attached hydrogens (tertiary/aromatic N) is 1. The first kappa shape index (κ1) is 19.4. The summed E-state index contributed by atoms with van der Waals surface area (Å²) in [6, 6.07) is 16.9. The van der Waals surface area contributed by atoms with Crippen molar-refractivity contribution in [1.82, 2.24) is 10.2 Å². The smallest absolute Gasteiger partial charge is 0.224 e. The van der Waals surface area contributed by atoms with Crippen molar-refractivity contribution in [3.8, 4) is 16.9 Å². The fraction of sp³-hybridized carbons (Fsp3) is 0.435. The maximum absolute atomic E-state index is 12.4. The molecule has 2 aromatic carbocycles. The summed E-state index contributed by atoms with van der Waals surface area (Å²) in [7, 11) is 1.71. The highest BCUT2D eigenvalue weighted by Gasteiger charge is 2.26. The van der Waals surface area contributed by atoms with Crippen molar-refractivity contribution in [3.05, 3.63) is 54.1 Å². The number of para-hydroxylation sites is 1. The van der Waals surface area contributed by atoms with Gasteiger partial charge in [-0.15, -0.1) is 0 Å². The van der Waals surface area contributed by atoms with Gasteiger partial charge in [0.05, 0.1) is 13.0 Å². The fourth-order valence-corrected chi connectivity index (χ4v) is 3.79. The Morgan fingerprint density at radius 1 is 1.22 bits per heavy atom. The molecule has 1 unspecified atom stereocenters. The van der Waals surface area contributed by atoms with Crippen LogP contribution in [0.3, 0.4) is 0 Å². The van der Waals surface area contributed by atoms with Gasteiger partial charge in [-0.1, -0.05) is 36.4 Å². The lowest BCUT2D eigenvalue weighted by atomic mass is 9.96. The maximum Gasteiger partial charge on any atom is 0.224 e. The van der Waals surface area contributed by atoms with Crippen LogP contribution in [0.4, 0.5) is 0 Å². The topological polar surface area (TPSA) is 41.6 Å². The summed E-state index contributed by atoms with van der Waals surface area (Å²) in [5.74, 6) is 1.18. The van der Waals surface area contributed by atoms with E-state index in [4.69, 9.17) is 4.74 Å². The Bertz CT molecular complexity index is 772. The molecule has 1 amide bonds. The van der Waals surface area contributed by atoms with Crippen LogP contribution in [0, 0.1) is 5.92 Å². The largest absolute Gasteiger partial charge is 0.496 e. The second-order valence-electron chi connectivity index (χ2n) is 7.64. The molecule has 0 aliphatic carbocycles. The second-order valence-corrected chi connectivity index (χ2v) is 7.64. The molecule has 1 N–H and O–H groups in total. The van der Waals surface area contributed by atoms with Gasteiger partial charge in [0.1, 0.15) is 5.75 Å². The van der Waals surface area contributed by atoms with Crippen LogP contribution in [0.25, 0.3) is 11.1 Å². The lowest BCUT2D eigenvalue weighted by Crippen LogP contribution is -2.44. The number of hydrogen-bond donors (Lipinski definition) is 1. The summed E-state index contributed by atoms with van der Waals surface area (Å²) in [6.45, 7) is 6.78. The van der Waals surface area contributed by atoms with Crippen LogP contribution in [0.1, 0.15) is 32.3 Å². The third-order valence-corrected chi connectivity index (χ3v) is 5.06. The lowest BCUT2D eigenvalue weighted by Gasteiger charge is -2.32. The van der Waals surface area contributed by atoms with Gasteiger partial charge in [0, 0.05) is 24.7 Å². The molecule has 1 heterocycles. The van der Waals surface area contributed by atoms with E-state index in [-0.39, 0.29) is 17.9 Å². The number of carbonyl (C=O) groups excluding carboxylic acids is 1. The van der Waals surface area contributed by atoms with Crippen LogP contribution in [0.5, 0.6) is 5.75 Å². The van der Waals surface area contributed by atoms with Crippen molar-refractivity contribution in [2.24, 2.45) is 5.92 Å². The van der Waals surface area contributed by atoms with Crippen LogP contribution < -0.4 is 10.1 Å². The zero-order chi connectivity index (χ0) is 19.2. The number of likely N-dealkylation sites (tertiary alicyclic amines) is 1. The van der Waals surface area contributed by atoms with Crippen LogP contribution in [0.15, 0.2) is 48.5 Å². The minimum atomic E-state index is 0.0959. The van der Waals surface area contributed by atoms with E-state index in [1.807, 2.05) is 32.0 Å². The van der Waals surface area contributed by atoms with Gasteiger partial charge < -0.3 is 10.1 Å². The highest BCUT2D eigenvalue weighted by Crippen LogP contribution is 2.30. The van der Waals surface area contributed by atoms with Gasteiger partial charge in [-0.2, -0.15) is 0 Å². The third-order valence-electron chi connectivity index (χ3n) is 5.06. The number of amides is 1. The fourth-order valence-electron chi connectivity index (χ4n) is 3.79. The number of methoxy groups -OCH3 is 1. The summed E-state index contributed by atoms with van der Waals surface area (Å²) in [6.07, 6.45) is 2.05. The Morgan fingerprint density at radius 3 is 2.81 bits per heavy atom. The highest BCUT2D eigenvalue weighted by atomic mass is 16.5. The minimum Gasteiger partial charge on any atom is -0.496 e. The standard InChI is InChI=1S/C23H30N2O2/c1-17(2)24-23(26)20-10-7-13-25(16-20)15-18-8-6-9-19(14-18)21-11-4-5-12-22(21)27-3/h4-6,8-9,11-12,14,17,20H,7,10,13,15-16H2,1-3H3,(H,24,26). The van der Waals surface area contributed by atoms with Crippen LogP contribution in [-0.4, -0.2) is 37.0 Å². The molecule has 0 saturated carbocycles. The van der Waals surface area contributed by atoms with Crippen LogP contribution in [0.2, 0.25) is 0 Å². The molecule has 3 rings (SSSR count). The summed E-state index contributed by atoms with van der Waals surface area (Å²) in [5, 5.41) is 3.06. The number of carbonyl (C=O) groups is 1. The van der Waals surface area contributed by atoms with Gasteiger partial charge >= 0.3 is 0 Å². The van der Waals surface area contributed by atoms with Gasteiger partial charge in [-0.3, -0.25) is 9.69 Å². The molecule has 0 bridgehead atoms. The van der Waals surface area contributed by atoms with Gasteiger partial charge in [-0.05, 0) is 56.5 Å². The average molecular weight is 367 g/mol. The molecule has 1 atom stereocenters. The zero-order valence-electron chi connectivity index (χ0n) is 16.6. The number of benzene rings is 2. The van der Waals surface area contributed by atoms with E-state index in [1.165, 1.54) is 5.56 Å². The Hall–Kier alpha value is -2.33. The zero-order valence-corrected chi connectivity index (χ0v) is 16.6.